The minimum Gasteiger partial charge on any atom is -0.496 e. The number of ether oxygens (including phenoxy) is 2. The number of anilines is 1. The number of hydrogen-bond donors (Lipinski definition) is 0. The fourth-order valence-corrected chi connectivity index (χ4v) is 3.37. The van der Waals surface area contributed by atoms with E-state index in [0.717, 1.165) is 36.4 Å². The highest BCUT2D eigenvalue weighted by molar-refractivity contribution is 5.68. The highest BCUT2D eigenvalue weighted by atomic mass is 16.6. The number of benzene rings is 1. The zero-order valence-corrected chi connectivity index (χ0v) is 17.2. The summed E-state index contributed by atoms with van der Waals surface area (Å²) in [6, 6.07) is 6.13. The number of amides is 1. The van der Waals surface area contributed by atoms with Crippen molar-refractivity contribution in [1.82, 2.24) is 4.90 Å². The quantitative estimate of drug-likeness (QED) is 0.677. The number of methoxy groups -OCH3 is 1. The molecular formula is C21H32N2O4. The third kappa shape index (κ3) is 5.88. The number of nitrogens with zero attached hydrogens (tertiary/aromatic N) is 2. The Morgan fingerprint density at radius 1 is 1.30 bits per heavy atom. The van der Waals surface area contributed by atoms with Crippen molar-refractivity contribution < 1.29 is 19.1 Å². The van der Waals surface area contributed by atoms with Gasteiger partial charge in [0, 0.05) is 50.8 Å². The summed E-state index contributed by atoms with van der Waals surface area (Å²) in [7, 11) is 3.33. The summed E-state index contributed by atoms with van der Waals surface area (Å²) in [6.45, 7) is 8.00. The molecule has 27 heavy (non-hydrogen) atoms. The lowest BCUT2D eigenvalue weighted by atomic mass is 9.94. The average molecular weight is 376 g/mol. The van der Waals surface area contributed by atoms with Gasteiger partial charge in [0.2, 0.25) is 0 Å². The topological polar surface area (TPSA) is 59.1 Å². The van der Waals surface area contributed by atoms with Gasteiger partial charge >= 0.3 is 6.09 Å². The van der Waals surface area contributed by atoms with Crippen LogP contribution in [0, 0.1) is 0 Å². The smallest absolute Gasteiger partial charge is 0.410 e. The van der Waals surface area contributed by atoms with Crippen LogP contribution in [0.25, 0.3) is 0 Å². The van der Waals surface area contributed by atoms with Crippen molar-refractivity contribution >= 4 is 18.1 Å². The van der Waals surface area contributed by atoms with Crippen LogP contribution in [0.4, 0.5) is 10.5 Å². The zero-order chi connectivity index (χ0) is 20.0. The SMILES string of the molecule is COc1cc(N2CCCC2)ccc1[C@@H](CC=O)CN(C)C(=O)OC(C)(C)C. The van der Waals surface area contributed by atoms with Crippen LogP contribution >= 0.6 is 0 Å². The van der Waals surface area contributed by atoms with Gasteiger partial charge in [0.1, 0.15) is 17.6 Å². The highest BCUT2D eigenvalue weighted by Crippen LogP contribution is 2.34. The standard InChI is InChI=1S/C21H32N2O4/c1-21(2,3)27-20(25)22(4)15-16(10-13-24)18-9-8-17(14-19(18)26-5)23-11-6-7-12-23/h8-9,13-14,16H,6-7,10-12,15H2,1-5H3/t16-/m0/s1. The second kappa shape index (κ2) is 9.11. The summed E-state index contributed by atoms with van der Waals surface area (Å²) in [5, 5.41) is 0. The molecule has 1 atom stereocenters. The van der Waals surface area contributed by atoms with Gasteiger partial charge < -0.3 is 24.1 Å². The molecule has 0 saturated carbocycles. The Morgan fingerprint density at radius 2 is 1.96 bits per heavy atom. The highest BCUT2D eigenvalue weighted by Gasteiger charge is 2.25. The Bertz CT molecular complexity index is 648. The van der Waals surface area contributed by atoms with Crippen molar-refractivity contribution in [3.05, 3.63) is 23.8 Å². The maximum atomic E-state index is 12.3. The summed E-state index contributed by atoms with van der Waals surface area (Å²) in [4.78, 5) is 27.4. The Hall–Kier alpha value is -2.24. The van der Waals surface area contributed by atoms with Crippen LogP contribution in [0.2, 0.25) is 0 Å². The molecule has 1 aliphatic heterocycles. The van der Waals surface area contributed by atoms with Crippen LogP contribution in [0.3, 0.4) is 0 Å². The molecule has 0 bridgehead atoms. The van der Waals surface area contributed by atoms with Gasteiger partial charge in [0.05, 0.1) is 7.11 Å². The minimum atomic E-state index is -0.555. The van der Waals surface area contributed by atoms with Gasteiger partial charge in [0.25, 0.3) is 0 Å². The summed E-state index contributed by atoms with van der Waals surface area (Å²) >= 11 is 0. The first kappa shape index (κ1) is 21.1. The van der Waals surface area contributed by atoms with Gasteiger partial charge in [-0.2, -0.15) is 0 Å². The number of carbonyl (C=O) groups excluding carboxylic acids is 2. The van der Waals surface area contributed by atoms with Crippen LogP contribution in [0.15, 0.2) is 18.2 Å². The molecule has 2 rings (SSSR count). The zero-order valence-electron chi connectivity index (χ0n) is 17.2. The largest absolute Gasteiger partial charge is 0.496 e. The van der Waals surface area contributed by atoms with Crippen molar-refractivity contribution in [2.24, 2.45) is 0 Å². The molecule has 6 heteroatoms. The van der Waals surface area contributed by atoms with Crippen molar-refractivity contribution in [3.8, 4) is 5.75 Å². The molecule has 0 radical (unpaired) electrons. The summed E-state index contributed by atoms with van der Waals surface area (Å²) in [6.07, 6.45) is 3.22. The molecule has 1 saturated heterocycles. The van der Waals surface area contributed by atoms with Crippen molar-refractivity contribution in [3.63, 3.8) is 0 Å². The van der Waals surface area contributed by atoms with E-state index in [9.17, 15) is 9.59 Å². The molecule has 0 aromatic heterocycles. The minimum absolute atomic E-state index is 0.150. The molecule has 0 unspecified atom stereocenters. The summed E-state index contributed by atoms with van der Waals surface area (Å²) in [5.41, 5.74) is 1.52. The first-order valence-corrected chi connectivity index (χ1v) is 9.56. The Kier molecular flexibility index (Phi) is 7.11. The summed E-state index contributed by atoms with van der Waals surface area (Å²) in [5.74, 6) is 0.603. The molecule has 1 amide bonds. The van der Waals surface area contributed by atoms with Gasteiger partial charge in [0.15, 0.2) is 0 Å². The van der Waals surface area contributed by atoms with E-state index >= 15 is 0 Å². The average Bonchev–Trinajstić information content (AvgIpc) is 3.14. The van der Waals surface area contributed by atoms with Gasteiger partial charge in [-0.15, -0.1) is 0 Å². The van der Waals surface area contributed by atoms with Gasteiger partial charge in [-0.25, -0.2) is 4.79 Å². The molecular weight excluding hydrogens is 344 g/mol. The Labute approximate surface area is 162 Å². The number of hydrogen-bond acceptors (Lipinski definition) is 5. The van der Waals surface area contributed by atoms with Gasteiger partial charge in [-0.3, -0.25) is 0 Å². The molecule has 0 aliphatic carbocycles. The van der Waals surface area contributed by atoms with Crippen LogP contribution in [0.1, 0.15) is 51.5 Å². The first-order valence-electron chi connectivity index (χ1n) is 9.56. The van der Waals surface area contributed by atoms with Crippen LogP contribution in [-0.2, 0) is 9.53 Å². The number of aldehydes is 1. The number of carbonyl (C=O) groups is 2. The normalized spacial score (nSPS) is 15.4. The van der Waals surface area contributed by atoms with E-state index in [1.807, 2.05) is 32.9 Å². The molecule has 1 aliphatic rings. The van der Waals surface area contributed by atoms with Crippen LogP contribution < -0.4 is 9.64 Å². The first-order chi connectivity index (χ1) is 12.7. The van der Waals surface area contributed by atoms with E-state index in [2.05, 4.69) is 11.0 Å². The predicted octanol–water partition coefficient (Wildman–Crippen LogP) is 3.83. The lowest BCUT2D eigenvalue weighted by Crippen LogP contribution is -2.36. The van der Waals surface area contributed by atoms with Crippen molar-refractivity contribution in [1.29, 1.82) is 0 Å². The predicted molar refractivity (Wildman–Crippen MR) is 107 cm³/mol. The van der Waals surface area contributed by atoms with E-state index < -0.39 is 11.7 Å². The van der Waals surface area contributed by atoms with Crippen molar-refractivity contribution in [2.45, 2.75) is 51.6 Å². The maximum Gasteiger partial charge on any atom is 0.410 e. The molecule has 0 spiro atoms. The van der Waals surface area contributed by atoms with E-state index in [1.165, 1.54) is 17.7 Å². The number of rotatable bonds is 7. The van der Waals surface area contributed by atoms with E-state index in [0.29, 0.717) is 13.0 Å². The lowest BCUT2D eigenvalue weighted by molar-refractivity contribution is -0.108. The Morgan fingerprint density at radius 3 is 2.52 bits per heavy atom. The van der Waals surface area contributed by atoms with Gasteiger partial charge in [-0.05, 0) is 45.2 Å². The van der Waals surface area contributed by atoms with E-state index in [-0.39, 0.29) is 5.92 Å². The third-order valence-electron chi connectivity index (χ3n) is 4.71. The van der Waals surface area contributed by atoms with Gasteiger partial charge in [-0.1, -0.05) is 6.07 Å². The molecule has 0 N–H and O–H groups in total. The number of likely N-dealkylation sites (N-methyl/N-ethyl adjacent to an activating group) is 1. The molecule has 1 fully saturated rings. The molecule has 150 valence electrons. The lowest BCUT2D eigenvalue weighted by Gasteiger charge is -2.28. The molecule has 1 aromatic carbocycles. The molecule has 1 aromatic rings. The second-order valence-electron chi connectivity index (χ2n) is 8.08. The fourth-order valence-electron chi connectivity index (χ4n) is 3.37. The van der Waals surface area contributed by atoms with Crippen molar-refractivity contribution in [2.75, 3.05) is 38.7 Å². The fraction of sp³-hybridized carbons (Fsp3) is 0.619. The summed E-state index contributed by atoms with van der Waals surface area (Å²) < 4.78 is 11.0. The van der Waals surface area contributed by atoms with E-state index in [1.54, 1.807) is 14.2 Å². The maximum absolute atomic E-state index is 12.3. The van der Waals surface area contributed by atoms with E-state index in [4.69, 9.17) is 9.47 Å². The Balaban J connectivity index is 2.19. The third-order valence-corrected chi connectivity index (χ3v) is 4.71. The second-order valence-corrected chi connectivity index (χ2v) is 8.08. The molecule has 1 heterocycles. The van der Waals surface area contributed by atoms with Crippen LogP contribution in [0.5, 0.6) is 5.75 Å². The monoisotopic (exact) mass is 376 g/mol. The van der Waals surface area contributed by atoms with Crippen LogP contribution in [-0.4, -0.2) is 56.7 Å². The molecule has 6 nitrogen and oxygen atoms in total.